The Morgan fingerprint density at radius 3 is 2.60 bits per heavy atom. The minimum Gasteiger partial charge on any atom is -0.352 e. The topological polar surface area (TPSA) is 87.3 Å². The van der Waals surface area contributed by atoms with E-state index in [0.29, 0.717) is 31.2 Å². The number of rotatable bonds is 6. The summed E-state index contributed by atoms with van der Waals surface area (Å²) in [7, 11) is -3.60. The van der Waals surface area contributed by atoms with E-state index in [1.807, 2.05) is 0 Å². The third kappa shape index (κ3) is 4.80. The van der Waals surface area contributed by atoms with Gasteiger partial charge in [0.1, 0.15) is 0 Å². The molecule has 1 aromatic carbocycles. The highest BCUT2D eigenvalue weighted by Crippen LogP contribution is 2.19. The number of hydrogen-bond donors (Lipinski definition) is 3. The van der Waals surface area contributed by atoms with E-state index in [1.165, 1.54) is 44.6 Å². The third-order valence-corrected chi connectivity index (χ3v) is 6.48. The summed E-state index contributed by atoms with van der Waals surface area (Å²) in [5.74, 6) is -0.201. The molecule has 0 radical (unpaired) electrons. The fourth-order valence-electron chi connectivity index (χ4n) is 3.59. The number of amides is 1. The molecule has 7 heteroatoms. The highest BCUT2D eigenvalue weighted by atomic mass is 32.2. The average Bonchev–Trinajstić information content (AvgIpc) is 2.88. The van der Waals surface area contributed by atoms with Crippen molar-refractivity contribution in [3.05, 3.63) is 29.3 Å². The molecule has 3 rings (SSSR count). The molecule has 0 atom stereocenters. The standard InChI is InChI=1S/C18H27N3O3S/c22-18-17-13-16(8-7-14(17)9-10-20-18)25(23,24)21-12-11-19-15-5-3-1-2-4-6-15/h7-8,13,15,19,21H,1-6,9-12H2,(H,20,22). The lowest BCUT2D eigenvalue weighted by Crippen LogP contribution is -2.37. The Bertz CT molecular complexity index is 710. The Morgan fingerprint density at radius 1 is 1.08 bits per heavy atom. The first kappa shape index (κ1) is 18.4. The molecule has 1 aromatic rings. The molecule has 1 aliphatic heterocycles. The molecule has 0 unspecified atom stereocenters. The van der Waals surface area contributed by atoms with Crippen LogP contribution in [0.1, 0.15) is 54.4 Å². The molecule has 3 N–H and O–H groups in total. The molecule has 1 saturated carbocycles. The Morgan fingerprint density at radius 2 is 1.84 bits per heavy atom. The van der Waals surface area contributed by atoms with Crippen LogP contribution in [0.2, 0.25) is 0 Å². The van der Waals surface area contributed by atoms with Crippen LogP contribution in [0.5, 0.6) is 0 Å². The summed E-state index contributed by atoms with van der Waals surface area (Å²) in [5.41, 5.74) is 1.36. The van der Waals surface area contributed by atoms with Crippen LogP contribution >= 0.6 is 0 Å². The summed E-state index contributed by atoms with van der Waals surface area (Å²) in [6.45, 7) is 1.57. The quantitative estimate of drug-likeness (QED) is 0.527. The fraction of sp³-hybridized carbons (Fsp3) is 0.611. The van der Waals surface area contributed by atoms with Crippen LogP contribution in [0.15, 0.2) is 23.1 Å². The van der Waals surface area contributed by atoms with Crippen LogP contribution in [0.3, 0.4) is 0 Å². The monoisotopic (exact) mass is 365 g/mol. The van der Waals surface area contributed by atoms with Gasteiger partial charge in [-0.1, -0.05) is 31.7 Å². The van der Waals surface area contributed by atoms with E-state index in [1.54, 1.807) is 12.1 Å². The SMILES string of the molecule is O=C1NCCc2ccc(S(=O)(=O)NCCNC3CCCCCC3)cc21. The Balaban J connectivity index is 1.55. The molecule has 0 bridgehead atoms. The first-order chi connectivity index (χ1) is 12.1. The minimum atomic E-state index is -3.60. The maximum Gasteiger partial charge on any atom is 0.251 e. The number of sulfonamides is 1. The maximum absolute atomic E-state index is 12.5. The van der Waals surface area contributed by atoms with Gasteiger partial charge in [-0.2, -0.15) is 0 Å². The summed E-state index contributed by atoms with van der Waals surface area (Å²) in [6, 6.07) is 5.30. The van der Waals surface area contributed by atoms with Crippen LogP contribution < -0.4 is 15.4 Å². The van der Waals surface area contributed by atoms with Crippen molar-refractivity contribution in [2.75, 3.05) is 19.6 Å². The van der Waals surface area contributed by atoms with E-state index >= 15 is 0 Å². The van der Waals surface area contributed by atoms with E-state index in [2.05, 4.69) is 15.4 Å². The third-order valence-electron chi connectivity index (χ3n) is 5.02. The van der Waals surface area contributed by atoms with Gasteiger partial charge in [-0.25, -0.2) is 13.1 Å². The van der Waals surface area contributed by atoms with E-state index in [4.69, 9.17) is 0 Å². The molecule has 0 spiro atoms. The van der Waals surface area contributed by atoms with E-state index in [9.17, 15) is 13.2 Å². The molecule has 1 fully saturated rings. The van der Waals surface area contributed by atoms with Crippen molar-refractivity contribution >= 4 is 15.9 Å². The van der Waals surface area contributed by atoms with E-state index in [0.717, 1.165) is 12.0 Å². The second-order valence-electron chi connectivity index (χ2n) is 6.87. The molecule has 1 heterocycles. The first-order valence-electron chi connectivity index (χ1n) is 9.20. The van der Waals surface area contributed by atoms with Crippen molar-refractivity contribution in [2.45, 2.75) is 55.9 Å². The van der Waals surface area contributed by atoms with Gasteiger partial charge in [0.05, 0.1) is 4.90 Å². The Labute approximate surface area is 149 Å². The second-order valence-corrected chi connectivity index (χ2v) is 8.63. The van der Waals surface area contributed by atoms with Crippen molar-refractivity contribution in [3.8, 4) is 0 Å². The molecule has 1 aliphatic carbocycles. The van der Waals surface area contributed by atoms with Crippen molar-refractivity contribution in [2.24, 2.45) is 0 Å². The summed E-state index contributed by atoms with van der Waals surface area (Å²) >= 11 is 0. The summed E-state index contributed by atoms with van der Waals surface area (Å²) in [6.07, 6.45) is 8.19. The highest BCUT2D eigenvalue weighted by Gasteiger charge is 2.21. The number of fused-ring (bicyclic) bond motifs is 1. The molecular weight excluding hydrogens is 338 g/mol. The van der Waals surface area contributed by atoms with Crippen LogP contribution in [-0.2, 0) is 16.4 Å². The predicted octanol–water partition coefficient (Wildman–Crippen LogP) is 1.56. The normalized spacial score (nSPS) is 19.1. The molecule has 0 aromatic heterocycles. The summed E-state index contributed by atoms with van der Waals surface area (Å²) in [5, 5.41) is 6.20. The van der Waals surface area contributed by atoms with Gasteiger partial charge in [0, 0.05) is 31.2 Å². The Kier molecular flexibility index (Phi) is 6.09. The zero-order chi connectivity index (χ0) is 17.7. The lowest BCUT2D eigenvalue weighted by molar-refractivity contribution is 0.0945. The van der Waals surface area contributed by atoms with Crippen LogP contribution in [-0.4, -0.2) is 40.0 Å². The van der Waals surface area contributed by atoms with Crippen molar-refractivity contribution < 1.29 is 13.2 Å². The van der Waals surface area contributed by atoms with Gasteiger partial charge in [0.15, 0.2) is 0 Å². The van der Waals surface area contributed by atoms with Crippen LogP contribution in [0.4, 0.5) is 0 Å². The zero-order valence-corrected chi connectivity index (χ0v) is 15.3. The van der Waals surface area contributed by atoms with Gasteiger partial charge in [-0.3, -0.25) is 4.79 Å². The van der Waals surface area contributed by atoms with Crippen molar-refractivity contribution in [1.82, 2.24) is 15.4 Å². The van der Waals surface area contributed by atoms with Gasteiger partial charge in [0.25, 0.3) is 5.91 Å². The van der Waals surface area contributed by atoms with Crippen LogP contribution in [0, 0.1) is 0 Å². The molecule has 6 nitrogen and oxygen atoms in total. The summed E-state index contributed by atoms with van der Waals surface area (Å²) < 4.78 is 27.6. The first-order valence-corrected chi connectivity index (χ1v) is 10.7. The number of benzene rings is 1. The maximum atomic E-state index is 12.5. The molecule has 2 aliphatic rings. The molecule has 25 heavy (non-hydrogen) atoms. The number of carbonyl (C=O) groups is 1. The molecule has 0 saturated heterocycles. The van der Waals surface area contributed by atoms with Gasteiger partial charge >= 0.3 is 0 Å². The lowest BCUT2D eigenvalue weighted by Gasteiger charge is -2.18. The van der Waals surface area contributed by atoms with Gasteiger partial charge < -0.3 is 10.6 Å². The summed E-state index contributed by atoms with van der Waals surface area (Å²) in [4.78, 5) is 12.0. The smallest absolute Gasteiger partial charge is 0.251 e. The second kappa shape index (κ2) is 8.29. The van der Waals surface area contributed by atoms with E-state index < -0.39 is 10.0 Å². The van der Waals surface area contributed by atoms with Crippen LogP contribution in [0.25, 0.3) is 0 Å². The number of carbonyl (C=O) groups excluding carboxylic acids is 1. The van der Waals surface area contributed by atoms with Gasteiger partial charge in [0.2, 0.25) is 10.0 Å². The number of nitrogens with one attached hydrogen (secondary N) is 3. The lowest BCUT2D eigenvalue weighted by atomic mass is 10.0. The average molecular weight is 365 g/mol. The molecule has 1 amide bonds. The molecule has 138 valence electrons. The predicted molar refractivity (Wildman–Crippen MR) is 97.2 cm³/mol. The van der Waals surface area contributed by atoms with Crippen molar-refractivity contribution in [3.63, 3.8) is 0 Å². The number of hydrogen-bond acceptors (Lipinski definition) is 4. The minimum absolute atomic E-state index is 0.151. The van der Waals surface area contributed by atoms with E-state index in [-0.39, 0.29) is 10.8 Å². The Hall–Kier alpha value is -1.44. The highest BCUT2D eigenvalue weighted by molar-refractivity contribution is 7.89. The zero-order valence-electron chi connectivity index (χ0n) is 14.5. The van der Waals surface area contributed by atoms with Gasteiger partial charge in [-0.05, 0) is 37.0 Å². The van der Waals surface area contributed by atoms with Gasteiger partial charge in [-0.15, -0.1) is 0 Å². The van der Waals surface area contributed by atoms with Crippen molar-refractivity contribution in [1.29, 1.82) is 0 Å². The largest absolute Gasteiger partial charge is 0.352 e. The molecular formula is C18H27N3O3S. The fourth-order valence-corrected chi connectivity index (χ4v) is 4.64.